The van der Waals surface area contributed by atoms with E-state index in [0.717, 1.165) is 18.5 Å². The van der Waals surface area contributed by atoms with E-state index in [0.29, 0.717) is 25.3 Å². The minimum Gasteiger partial charge on any atom is -0.389 e. The monoisotopic (exact) mass is 330 g/mol. The van der Waals surface area contributed by atoms with Crippen molar-refractivity contribution in [2.75, 3.05) is 13.1 Å². The fraction of sp³-hybridized carbons (Fsp3) is 0.650. The highest BCUT2D eigenvalue weighted by molar-refractivity contribution is 5.77. The molecule has 4 nitrogen and oxygen atoms in total. The van der Waals surface area contributed by atoms with Crippen LogP contribution in [0.1, 0.15) is 56.9 Å². The number of hydrogen-bond donors (Lipinski definition) is 3. The zero-order valence-corrected chi connectivity index (χ0v) is 14.5. The summed E-state index contributed by atoms with van der Waals surface area (Å²) >= 11 is 0. The van der Waals surface area contributed by atoms with Gasteiger partial charge in [-0.1, -0.05) is 62.4 Å². The van der Waals surface area contributed by atoms with Gasteiger partial charge < -0.3 is 15.7 Å². The zero-order chi connectivity index (χ0) is 16.8. The fourth-order valence-corrected chi connectivity index (χ4v) is 4.28. The molecule has 0 bridgehead atoms. The topological polar surface area (TPSA) is 61.4 Å². The van der Waals surface area contributed by atoms with Crippen LogP contribution in [0.5, 0.6) is 0 Å². The Morgan fingerprint density at radius 2 is 1.96 bits per heavy atom. The molecule has 132 valence electrons. The number of carbonyl (C=O) groups is 1. The number of aliphatic hydroxyl groups is 1. The fourth-order valence-electron chi connectivity index (χ4n) is 4.28. The third kappa shape index (κ3) is 3.98. The molecule has 1 aliphatic carbocycles. The van der Waals surface area contributed by atoms with Gasteiger partial charge in [0.2, 0.25) is 5.91 Å². The number of rotatable bonds is 5. The third-order valence-corrected chi connectivity index (χ3v) is 5.76. The van der Waals surface area contributed by atoms with Crippen LogP contribution in [0, 0.1) is 5.92 Å². The molecular weight excluding hydrogens is 300 g/mol. The van der Waals surface area contributed by atoms with Crippen molar-refractivity contribution in [1.29, 1.82) is 0 Å². The quantitative estimate of drug-likeness (QED) is 0.778. The van der Waals surface area contributed by atoms with Gasteiger partial charge in [-0.05, 0) is 30.9 Å². The van der Waals surface area contributed by atoms with Crippen LogP contribution in [0.4, 0.5) is 0 Å². The van der Waals surface area contributed by atoms with Gasteiger partial charge in [-0.3, -0.25) is 4.79 Å². The van der Waals surface area contributed by atoms with Gasteiger partial charge in [0.15, 0.2) is 0 Å². The minimum atomic E-state index is -0.657. The number of hydrogen-bond acceptors (Lipinski definition) is 3. The van der Waals surface area contributed by atoms with Gasteiger partial charge in [-0.15, -0.1) is 0 Å². The molecule has 2 aliphatic rings. The molecule has 2 fully saturated rings. The van der Waals surface area contributed by atoms with E-state index >= 15 is 0 Å². The first-order valence-electron chi connectivity index (χ1n) is 9.46. The lowest BCUT2D eigenvalue weighted by Crippen LogP contribution is -2.61. The molecule has 1 heterocycles. The number of piperidine rings is 1. The van der Waals surface area contributed by atoms with E-state index in [9.17, 15) is 9.90 Å². The molecule has 24 heavy (non-hydrogen) atoms. The summed E-state index contributed by atoms with van der Waals surface area (Å²) in [5, 5.41) is 17.1. The molecule has 0 radical (unpaired) electrons. The summed E-state index contributed by atoms with van der Waals surface area (Å²) in [6.07, 6.45) is 8.16. The highest BCUT2D eigenvalue weighted by Crippen LogP contribution is 2.32. The van der Waals surface area contributed by atoms with Crippen LogP contribution in [0.15, 0.2) is 30.3 Å². The van der Waals surface area contributed by atoms with E-state index in [2.05, 4.69) is 10.6 Å². The summed E-state index contributed by atoms with van der Waals surface area (Å²) < 4.78 is 0. The number of carbonyl (C=O) groups excluding carboxylic acids is 1. The summed E-state index contributed by atoms with van der Waals surface area (Å²) in [5.41, 5.74) is 0.348. The standard InChI is InChI=1S/C20H30N2O2/c23-18-15-21-14-13-20(18,17-9-5-2-6-10-17)22-19(24)12-11-16-7-3-1-4-8-16/h2,5-6,9-10,16,18,21,23H,1,3-4,7-8,11-15H2,(H,22,24)/t18-,20+/m1/s1. The summed E-state index contributed by atoms with van der Waals surface area (Å²) in [7, 11) is 0. The Morgan fingerprint density at radius 3 is 2.67 bits per heavy atom. The van der Waals surface area contributed by atoms with Crippen molar-refractivity contribution >= 4 is 5.91 Å². The predicted octanol–water partition coefficient (Wildman–Crippen LogP) is 2.71. The molecule has 1 amide bonds. The first-order valence-corrected chi connectivity index (χ1v) is 9.46. The summed E-state index contributed by atoms with van der Waals surface area (Å²) in [4.78, 5) is 12.6. The van der Waals surface area contributed by atoms with E-state index in [1.165, 1.54) is 32.1 Å². The molecule has 2 atom stereocenters. The van der Waals surface area contributed by atoms with Gasteiger partial charge in [0, 0.05) is 13.0 Å². The Balaban J connectivity index is 1.66. The maximum absolute atomic E-state index is 12.6. The second-order valence-corrected chi connectivity index (χ2v) is 7.40. The average Bonchev–Trinajstić information content (AvgIpc) is 2.64. The second kappa shape index (κ2) is 8.13. The number of nitrogens with one attached hydrogen (secondary N) is 2. The number of benzene rings is 1. The maximum atomic E-state index is 12.6. The van der Waals surface area contributed by atoms with Crippen molar-refractivity contribution in [3.63, 3.8) is 0 Å². The number of β-amino-alcohol motifs (C(OH)–C–C–N with tert-alkyl or cyclic N) is 1. The van der Waals surface area contributed by atoms with E-state index < -0.39 is 11.6 Å². The molecule has 1 aromatic carbocycles. The van der Waals surface area contributed by atoms with Crippen LogP contribution in [0.3, 0.4) is 0 Å². The number of amides is 1. The van der Waals surface area contributed by atoms with Crippen LogP contribution in [0.2, 0.25) is 0 Å². The largest absolute Gasteiger partial charge is 0.389 e. The van der Waals surface area contributed by atoms with Gasteiger partial charge >= 0.3 is 0 Å². The van der Waals surface area contributed by atoms with Gasteiger partial charge in [0.05, 0.1) is 11.6 Å². The van der Waals surface area contributed by atoms with E-state index in [1.807, 2.05) is 30.3 Å². The van der Waals surface area contributed by atoms with Crippen molar-refractivity contribution in [3.05, 3.63) is 35.9 Å². The molecule has 1 aliphatic heterocycles. The van der Waals surface area contributed by atoms with Crippen molar-refractivity contribution in [2.45, 2.75) is 63.0 Å². The van der Waals surface area contributed by atoms with Crippen molar-refractivity contribution in [1.82, 2.24) is 10.6 Å². The Bertz CT molecular complexity index is 528. The Morgan fingerprint density at radius 1 is 1.21 bits per heavy atom. The Kier molecular flexibility index (Phi) is 5.90. The van der Waals surface area contributed by atoms with Crippen LogP contribution < -0.4 is 10.6 Å². The third-order valence-electron chi connectivity index (χ3n) is 5.76. The van der Waals surface area contributed by atoms with Crippen molar-refractivity contribution in [3.8, 4) is 0 Å². The van der Waals surface area contributed by atoms with Crippen LogP contribution in [-0.2, 0) is 10.3 Å². The molecule has 3 rings (SSSR count). The van der Waals surface area contributed by atoms with E-state index in [4.69, 9.17) is 0 Å². The van der Waals surface area contributed by atoms with Crippen LogP contribution in [0.25, 0.3) is 0 Å². The highest BCUT2D eigenvalue weighted by Gasteiger charge is 2.42. The smallest absolute Gasteiger partial charge is 0.220 e. The lowest BCUT2D eigenvalue weighted by atomic mass is 9.79. The second-order valence-electron chi connectivity index (χ2n) is 7.40. The molecule has 4 heteroatoms. The zero-order valence-electron chi connectivity index (χ0n) is 14.5. The van der Waals surface area contributed by atoms with Gasteiger partial charge in [0.25, 0.3) is 0 Å². The predicted molar refractivity (Wildman–Crippen MR) is 95.6 cm³/mol. The first-order chi connectivity index (χ1) is 11.7. The lowest BCUT2D eigenvalue weighted by molar-refractivity contribution is -0.126. The Hall–Kier alpha value is -1.39. The maximum Gasteiger partial charge on any atom is 0.220 e. The highest BCUT2D eigenvalue weighted by atomic mass is 16.3. The first kappa shape index (κ1) is 17.4. The molecule has 3 N–H and O–H groups in total. The van der Waals surface area contributed by atoms with Crippen LogP contribution >= 0.6 is 0 Å². The van der Waals surface area contributed by atoms with Gasteiger partial charge in [-0.2, -0.15) is 0 Å². The molecular formula is C20H30N2O2. The van der Waals surface area contributed by atoms with E-state index in [1.54, 1.807) is 0 Å². The molecule has 0 aromatic heterocycles. The molecule has 0 unspecified atom stereocenters. The minimum absolute atomic E-state index is 0.0744. The summed E-state index contributed by atoms with van der Waals surface area (Å²) in [6.45, 7) is 1.31. The SMILES string of the molecule is O=C(CCC1CCCCC1)N[C@]1(c2ccccc2)CCNC[C@H]1O. The molecule has 1 saturated heterocycles. The van der Waals surface area contributed by atoms with Gasteiger partial charge in [0.1, 0.15) is 0 Å². The van der Waals surface area contributed by atoms with Crippen molar-refractivity contribution in [2.24, 2.45) is 5.92 Å². The normalized spacial score (nSPS) is 28.5. The number of aliphatic hydroxyl groups excluding tert-OH is 1. The summed E-state index contributed by atoms with van der Waals surface area (Å²) in [6, 6.07) is 9.93. The molecule has 1 aromatic rings. The molecule has 0 spiro atoms. The van der Waals surface area contributed by atoms with E-state index in [-0.39, 0.29) is 5.91 Å². The van der Waals surface area contributed by atoms with Gasteiger partial charge in [-0.25, -0.2) is 0 Å². The molecule has 1 saturated carbocycles. The average molecular weight is 330 g/mol. The van der Waals surface area contributed by atoms with Crippen LogP contribution in [-0.4, -0.2) is 30.2 Å². The lowest BCUT2D eigenvalue weighted by Gasteiger charge is -2.43. The summed E-state index contributed by atoms with van der Waals surface area (Å²) in [5.74, 6) is 0.778. The Labute approximate surface area is 145 Å². The van der Waals surface area contributed by atoms with Crippen molar-refractivity contribution < 1.29 is 9.90 Å².